The molecule has 1 amide bonds. The van der Waals surface area contributed by atoms with E-state index in [4.69, 9.17) is 25.5 Å². The van der Waals surface area contributed by atoms with Crippen LogP contribution in [0.1, 0.15) is 26.6 Å². The number of carbonyl (C=O) groups excluding carboxylic acids is 2. The molecule has 0 radical (unpaired) electrons. The van der Waals surface area contributed by atoms with Gasteiger partial charge in [-0.3, -0.25) is 4.79 Å². The van der Waals surface area contributed by atoms with Crippen LogP contribution in [-0.2, 0) is 22.6 Å². The summed E-state index contributed by atoms with van der Waals surface area (Å²) in [6.07, 6.45) is 3.06. The number of rotatable bonds is 9. The zero-order valence-electron chi connectivity index (χ0n) is 18.6. The second-order valence-electron chi connectivity index (χ2n) is 7.37. The molecule has 176 valence electrons. The number of pyridine rings is 1. The van der Waals surface area contributed by atoms with Crippen LogP contribution in [0.5, 0.6) is 0 Å². The molecular weight excluding hydrogens is 460 g/mol. The second kappa shape index (κ2) is 10.4. The zero-order valence-corrected chi connectivity index (χ0v) is 19.4. The summed E-state index contributed by atoms with van der Waals surface area (Å²) in [6.45, 7) is 1.17. The van der Waals surface area contributed by atoms with Gasteiger partial charge in [0.25, 0.3) is 5.91 Å². The Morgan fingerprint density at radius 3 is 2.74 bits per heavy atom. The molecule has 0 saturated carbocycles. The number of nitrogens with one attached hydrogen (secondary N) is 2. The van der Waals surface area contributed by atoms with Gasteiger partial charge in [0.1, 0.15) is 5.65 Å². The van der Waals surface area contributed by atoms with Gasteiger partial charge >= 0.3 is 5.97 Å². The van der Waals surface area contributed by atoms with Gasteiger partial charge < -0.3 is 29.1 Å². The molecule has 3 aromatic heterocycles. The van der Waals surface area contributed by atoms with Crippen LogP contribution in [0.2, 0.25) is 5.02 Å². The van der Waals surface area contributed by atoms with E-state index < -0.39 is 11.9 Å². The molecule has 10 heteroatoms. The average molecular weight is 483 g/mol. The number of nitrogens with zero attached hydrogens (tertiary/aromatic N) is 2. The van der Waals surface area contributed by atoms with E-state index in [2.05, 4.69) is 15.6 Å². The lowest BCUT2D eigenvalue weighted by molar-refractivity contribution is 0.0588. The van der Waals surface area contributed by atoms with E-state index in [0.717, 1.165) is 5.56 Å². The number of fused-ring (bicyclic) bond motifs is 1. The summed E-state index contributed by atoms with van der Waals surface area (Å²) in [6, 6.07) is 12.5. The van der Waals surface area contributed by atoms with Gasteiger partial charge in [0.15, 0.2) is 11.5 Å². The summed E-state index contributed by atoms with van der Waals surface area (Å²) < 4.78 is 17.1. The molecule has 0 fully saturated rings. The Morgan fingerprint density at radius 2 is 2.03 bits per heavy atom. The first-order chi connectivity index (χ1) is 16.5. The molecule has 2 N–H and O–H groups in total. The van der Waals surface area contributed by atoms with Crippen molar-refractivity contribution >= 4 is 45.9 Å². The van der Waals surface area contributed by atoms with E-state index >= 15 is 0 Å². The topological polar surface area (TPSA) is 108 Å². The molecule has 0 saturated heterocycles. The largest absolute Gasteiger partial charge is 0.464 e. The van der Waals surface area contributed by atoms with Crippen LogP contribution in [0.15, 0.2) is 59.3 Å². The highest BCUT2D eigenvalue weighted by Crippen LogP contribution is 2.33. The number of esters is 1. The first-order valence-corrected chi connectivity index (χ1v) is 10.8. The number of hydrogen-bond acceptors (Lipinski definition) is 7. The predicted octanol–water partition coefficient (Wildman–Crippen LogP) is 4.58. The van der Waals surface area contributed by atoms with Crippen molar-refractivity contribution in [1.29, 1.82) is 0 Å². The standard InChI is InChI=1S/C24H23ClN4O5/c1-32-10-8-29-21(24(31)33-2)20(28-23(30)19-7-4-9-34-19)18-12-17(14-27-22(18)29)26-13-15-5-3-6-16(25)11-15/h3-7,9,11-12,14,26H,8,10,13H2,1-2H3,(H,28,30). The van der Waals surface area contributed by atoms with Crippen LogP contribution in [0.4, 0.5) is 11.4 Å². The molecule has 0 bridgehead atoms. The molecular formula is C24H23ClN4O5. The predicted molar refractivity (Wildman–Crippen MR) is 128 cm³/mol. The number of amides is 1. The maximum atomic E-state index is 12.8. The maximum Gasteiger partial charge on any atom is 0.356 e. The zero-order chi connectivity index (χ0) is 24.1. The Hall–Kier alpha value is -3.82. The number of carbonyl (C=O) groups is 2. The van der Waals surface area contributed by atoms with Crippen LogP contribution in [0, 0.1) is 0 Å². The molecule has 0 unspecified atom stereocenters. The van der Waals surface area contributed by atoms with Crippen LogP contribution < -0.4 is 10.6 Å². The molecule has 4 aromatic rings. The average Bonchev–Trinajstić information content (AvgIpc) is 3.48. The lowest BCUT2D eigenvalue weighted by atomic mass is 10.2. The third-order valence-corrected chi connectivity index (χ3v) is 5.40. The summed E-state index contributed by atoms with van der Waals surface area (Å²) in [5, 5.41) is 7.31. The first kappa shape index (κ1) is 23.3. The van der Waals surface area contributed by atoms with E-state index in [-0.39, 0.29) is 17.1 Å². The molecule has 0 atom stereocenters. The van der Waals surface area contributed by atoms with Crippen molar-refractivity contribution in [3.8, 4) is 0 Å². The summed E-state index contributed by atoms with van der Waals surface area (Å²) in [5.74, 6) is -1.01. The molecule has 4 rings (SSSR count). The Balaban J connectivity index is 1.77. The number of methoxy groups -OCH3 is 2. The Bertz CT molecular complexity index is 1320. The monoisotopic (exact) mass is 482 g/mol. The van der Waals surface area contributed by atoms with Crippen molar-refractivity contribution in [2.45, 2.75) is 13.1 Å². The van der Waals surface area contributed by atoms with Crippen molar-refractivity contribution < 1.29 is 23.5 Å². The minimum atomic E-state index is -0.614. The molecule has 0 spiro atoms. The van der Waals surface area contributed by atoms with Gasteiger partial charge in [0.05, 0.1) is 37.6 Å². The minimum absolute atomic E-state index is 0.108. The van der Waals surface area contributed by atoms with Gasteiger partial charge in [-0.1, -0.05) is 23.7 Å². The van der Waals surface area contributed by atoms with Crippen LogP contribution in [0.25, 0.3) is 11.0 Å². The number of anilines is 2. The number of halogens is 1. The first-order valence-electron chi connectivity index (χ1n) is 10.4. The molecule has 0 aliphatic heterocycles. The molecule has 0 aliphatic carbocycles. The van der Waals surface area contributed by atoms with Crippen molar-refractivity contribution in [3.05, 3.63) is 77.0 Å². The fourth-order valence-electron chi connectivity index (χ4n) is 3.59. The van der Waals surface area contributed by atoms with E-state index in [1.807, 2.05) is 30.3 Å². The maximum absolute atomic E-state index is 12.8. The summed E-state index contributed by atoms with van der Waals surface area (Å²) >= 11 is 6.08. The minimum Gasteiger partial charge on any atom is -0.464 e. The fraction of sp³-hybridized carbons (Fsp3) is 0.208. The Kier molecular flexibility index (Phi) is 7.15. The van der Waals surface area contributed by atoms with Crippen LogP contribution >= 0.6 is 11.6 Å². The van der Waals surface area contributed by atoms with Crippen molar-refractivity contribution in [1.82, 2.24) is 9.55 Å². The number of ether oxygens (including phenoxy) is 2. The van der Waals surface area contributed by atoms with Gasteiger partial charge in [0.2, 0.25) is 0 Å². The Labute approximate surface area is 200 Å². The fourth-order valence-corrected chi connectivity index (χ4v) is 3.80. The lowest BCUT2D eigenvalue weighted by Gasteiger charge is -2.10. The van der Waals surface area contributed by atoms with Crippen LogP contribution in [-0.4, -0.2) is 42.3 Å². The number of aromatic nitrogens is 2. The highest BCUT2D eigenvalue weighted by atomic mass is 35.5. The highest BCUT2D eigenvalue weighted by molar-refractivity contribution is 6.30. The Morgan fingerprint density at radius 1 is 1.18 bits per heavy atom. The van der Waals surface area contributed by atoms with Crippen LogP contribution in [0.3, 0.4) is 0 Å². The van der Waals surface area contributed by atoms with E-state index in [9.17, 15) is 9.59 Å². The summed E-state index contributed by atoms with van der Waals surface area (Å²) in [5.41, 5.74) is 2.63. The van der Waals surface area contributed by atoms with E-state index in [1.165, 1.54) is 19.4 Å². The van der Waals surface area contributed by atoms with Gasteiger partial charge in [-0.2, -0.15) is 0 Å². The lowest BCUT2D eigenvalue weighted by Crippen LogP contribution is -2.18. The van der Waals surface area contributed by atoms with E-state index in [1.54, 1.807) is 23.9 Å². The van der Waals surface area contributed by atoms with Gasteiger partial charge in [-0.15, -0.1) is 0 Å². The van der Waals surface area contributed by atoms with Crippen molar-refractivity contribution in [2.24, 2.45) is 0 Å². The highest BCUT2D eigenvalue weighted by Gasteiger charge is 2.27. The molecule has 34 heavy (non-hydrogen) atoms. The van der Waals surface area contributed by atoms with E-state index in [0.29, 0.717) is 41.4 Å². The number of furan rings is 1. The van der Waals surface area contributed by atoms with Crippen molar-refractivity contribution in [2.75, 3.05) is 31.5 Å². The SMILES string of the molecule is COCCn1c(C(=O)OC)c(NC(=O)c2ccco2)c2cc(NCc3cccc(Cl)c3)cnc21. The number of benzene rings is 1. The molecule has 9 nitrogen and oxygen atoms in total. The van der Waals surface area contributed by atoms with Gasteiger partial charge in [-0.25, -0.2) is 9.78 Å². The third-order valence-electron chi connectivity index (χ3n) is 5.17. The smallest absolute Gasteiger partial charge is 0.356 e. The third kappa shape index (κ3) is 4.90. The summed E-state index contributed by atoms with van der Waals surface area (Å²) in [4.78, 5) is 30.1. The van der Waals surface area contributed by atoms with Crippen molar-refractivity contribution in [3.63, 3.8) is 0 Å². The quantitative estimate of drug-likeness (QED) is 0.336. The number of hydrogen-bond donors (Lipinski definition) is 2. The second-order valence-corrected chi connectivity index (χ2v) is 7.81. The molecule has 1 aromatic carbocycles. The van der Waals surface area contributed by atoms with Gasteiger partial charge in [0, 0.05) is 30.6 Å². The molecule has 0 aliphatic rings. The van der Waals surface area contributed by atoms with Gasteiger partial charge in [-0.05, 0) is 35.9 Å². The normalized spacial score (nSPS) is 10.9. The molecule has 3 heterocycles. The summed E-state index contributed by atoms with van der Waals surface area (Å²) in [7, 11) is 2.85.